The third-order valence-electron chi connectivity index (χ3n) is 5.18. The standard InChI is InChI=1S/C22H19Cl2N3O3/c23-14-6-4-10-17(12-14)27-21(29)18(24)19(22(27)30)25-16-9-3-5-13(11-16)20(28)26-15-7-1-2-8-15/h3-6,9-12,15,25H,1-2,7-8H2,(H,26,28). The Balaban J connectivity index is 1.53. The third-order valence-corrected chi connectivity index (χ3v) is 5.76. The van der Waals surface area contributed by atoms with E-state index in [1.165, 1.54) is 6.07 Å². The molecule has 4 rings (SSSR count). The minimum atomic E-state index is -0.637. The fraction of sp³-hybridized carbons (Fsp3) is 0.227. The molecular weight excluding hydrogens is 425 g/mol. The average molecular weight is 444 g/mol. The molecule has 1 aliphatic carbocycles. The number of hydrogen-bond donors (Lipinski definition) is 2. The number of hydrogen-bond acceptors (Lipinski definition) is 4. The van der Waals surface area contributed by atoms with Gasteiger partial charge in [0.2, 0.25) is 0 Å². The van der Waals surface area contributed by atoms with Gasteiger partial charge in [-0.2, -0.15) is 0 Å². The summed E-state index contributed by atoms with van der Waals surface area (Å²) in [4.78, 5) is 38.9. The molecule has 2 N–H and O–H groups in total. The van der Waals surface area contributed by atoms with Crippen molar-refractivity contribution < 1.29 is 14.4 Å². The Morgan fingerprint density at radius 3 is 2.43 bits per heavy atom. The summed E-state index contributed by atoms with van der Waals surface area (Å²) in [5.41, 5.74) is 1.23. The number of imide groups is 1. The number of carbonyl (C=O) groups is 3. The van der Waals surface area contributed by atoms with E-state index in [0.29, 0.717) is 22.0 Å². The summed E-state index contributed by atoms with van der Waals surface area (Å²) >= 11 is 12.1. The zero-order valence-corrected chi connectivity index (χ0v) is 17.5. The SMILES string of the molecule is O=C(NC1CCCC1)c1cccc(NC2=C(Cl)C(=O)N(c3cccc(Cl)c3)C2=O)c1. The molecule has 1 aliphatic heterocycles. The molecule has 8 heteroatoms. The minimum absolute atomic E-state index is 0.0463. The zero-order valence-electron chi connectivity index (χ0n) is 16.0. The Kier molecular flexibility index (Phi) is 5.79. The van der Waals surface area contributed by atoms with E-state index in [1.807, 2.05) is 0 Å². The van der Waals surface area contributed by atoms with E-state index in [0.717, 1.165) is 30.6 Å². The molecule has 0 saturated heterocycles. The first-order valence-corrected chi connectivity index (χ1v) is 10.4. The van der Waals surface area contributed by atoms with Crippen LogP contribution in [0, 0.1) is 0 Å². The maximum Gasteiger partial charge on any atom is 0.283 e. The average Bonchev–Trinajstić information content (AvgIpc) is 3.31. The predicted molar refractivity (Wildman–Crippen MR) is 117 cm³/mol. The Bertz CT molecular complexity index is 1060. The first-order chi connectivity index (χ1) is 14.4. The second kappa shape index (κ2) is 8.50. The second-order valence-corrected chi connectivity index (χ2v) is 8.09. The maximum atomic E-state index is 12.9. The summed E-state index contributed by atoms with van der Waals surface area (Å²) in [6.07, 6.45) is 4.22. The van der Waals surface area contributed by atoms with Gasteiger partial charge in [-0.25, -0.2) is 4.90 Å². The van der Waals surface area contributed by atoms with Gasteiger partial charge in [0, 0.05) is 22.3 Å². The van der Waals surface area contributed by atoms with E-state index < -0.39 is 11.8 Å². The van der Waals surface area contributed by atoms with Gasteiger partial charge in [0.1, 0.15) is 10.7 Å². The molecule has 2 aromatic carbocycles. The van der Waals surface area contributed by atoms with Crippen LogP contribution >= 0.6 is 23.2 Å². The highest BCUT2D eigenvalue weighted by Gasteiger charge is 2.39. The van der Waals surface area contributed by atoms with Crippen LogP contribution in [-0.4, -0.2) is 23.8 Å². The summed E-state index contributed by atoms with van der Waals surface area (Å²) in [7, 11) is 0. The predicted octanol–water partition coefficient (Wildman–Crippen LogP) is 4.45. The van der Waals surface area contributed by atoms with Gasteiger partial charge in [0.05, 0.1) is 5.69 Å². The van der Waals surface area contributed by atoms with Gasteiger partial charge >= 0.3 is 0 Å². The third kappa shape index (κ3) is 4.06. The lowest BCUT2D eigenvalue weighted by molar-refractivity contribution is -0.120. The van der Waals surface area contributed by atoms with Gasteiger partial charge in [0.25, 0.3) is 17.7 Å². The van der Waals surface area contributed by atoms with E-state index in [9.17, 15) is 14.4 Å². The van der Waals surface area contributed by atoms with Crippen molar-refractivity contribution in [2.24, 2.45) is 0 Å². The zero-order chi connectivity index (χ0) is 21.3. The summed E-state index contributed by atoms with van der Waals surface area (Å²) < 4.78 is 0. The fourth-order valence-electron chi connectivity index (χ4n) is 3.68. The first kappa shape index (κ1) is 20.4. The topological polar surface area (TPSA) is 78.5 Å². The smallest absolute Gasteiger partial charge is 0.283 e. The maximum absolute atomic E-state index is 12.9. The normalized spacial score (nSPS) is 17.1. The molecule has 3 amide bonds. The molecule has 2 aliphatic rings. The molecule has 1 saturated carbocycles. The van der Waals surface area contributed by atoms with Crippen molar-refractivity contribution in [3.8, 4) is 0 Å². The fourth-order valence-corrected chi connectivity index (χ4v) is 4.08. The molecule has 0 atom stereocenters. The van der Waals surface area contributed by atoms with Crippen molar-refractivity contribution in [1.29, 1.82) is 0 Å². The van der Waals surface area contributed by atoms with Gasteiger partial charge in [-0.05, 0) is 49.2 Å². The van der Waals surface area contributed by atoms with Gasteiger partial charge in [-0.1, -0.05) is 48.2 Å². The van der Waals surface area contributed by atoms with Crippen molar-refractivity contribution in [3.05, 3.63) is 69.8 Å². The van der Waals surface area contributed by atoms with Crippen LogP contribution < -0.4 is 15.5 Å². The van der Waals surface area contributed by atoms with Gasteiger partial charge < -0.3 is 10.6 Å². The monoisotopic (exact) mass is 443 g/mol. The molecule has 0 bridgehead atoms. The molecule has 154 valence electrons. The Labute approximate surface area is 183 Å². The van der Waals surface area contributed by atoms with Gasteiger partial charge in [-0.3, -0.25) is 14.4 Å². The number of halogens is 2. The van der Waals surface area contributed by atoms with Crippen LogP contribution in [0.5, 0.6) is 0 Å². The lowest BCUT2D eigenvalue weighted by Crippen LogP contribution is -2.32. The largest absolute Gasteiger partial charge is 0.350 e. The number of carbonyl (C=O) groups excluding carboxylic acids is 3. The van der Waals surface area contributed by atoms with Crippen LogP contribution in [0.2, 0.25) is 5.02 Å². The molecule has 0 spiro atoms. The molecule has 6 nitrogen and oxygen atoms in total. The molecular formula is C22H19Cl2N3O3. The van der Waals surface area contributed by atoms with Crippen LogP contribution in [0.25, 0.3) is 0 Å². The lowest BCUT2D eigenvalue weighted by atomic mass is 10.1. The number of nitrogens with one attached hydrogen (secondary N) is 2. The van der Waals surface area contributed by atoms with Gasteiger partial charge in [-0.15, -0.1) is 0 Å². The number of nitrogens with zero attached hydrogens (tertiary/aromatic N) is 1. The number of rotatable bonds is 5. The van der Waals surface area contributed by atoms with Crippen molar-refractivity contribution in [2.45, 2.75) is 31.7 Å². The van der Waals surface area contributed by atoms with Crippen molar-refractivity contribution in [2.75, 3.05) is 10.2 Å². The number of benzene rings is 2. The van der Waals surface area contributed by atoms with E-state index >= 15 is 0 Å². The lowest BCUT2D eigenvalue weighted by Gasteiger charge is -2.15. The van der Waals surface area contributed by atoms with Crippen LogP contribution in [0.4, 0.5) is 11.4 Å². The Morgan fingerprint density at radius 2 is 1.70 bits per heavy atom. The van der Waals surface area contributed by atoms with E-state index in [1.54, 1.807) is 42.5 Å². The highest BCUT2D eigenvalue weighted by atomic mass is 35.5. The Hall–Kier alpha value is -2.83. The summed E-state index contributed by atoms with van der Waals surface area (Å²) in [6.45, 7) is 0. The highest BCUT2D eigenvalue weighted by Crippen LogP contribution is 2.31. The summed E-state index contributed by atoms with van der Waals surface area (Å²) in [5, 5.41) is 6.10. The molecule has 0 radical (unpaired) electrons. The first-order valence-electron chi connectivity index (χ1n) is 9.66. The molecule has 1 heterocycles. The molecule has 1 fully saturated rings. The van der Waals surface area contributed by atoms with E-state index in [-0.39, 0.29) is 22.7 Å². The minimum Gasteiger partial charge on any atom is -0.350 e. The summed E-state index contributed by atoms with van der Waals surface area (Å²) in [5.74, 6) is -1.39. The highest BCUT2D eigenvalue weighted by molar-refractivity contribution is 6.53. The molecule has 2 aromatic rings. The molecule has 0 unspecified atom stereocenters. The van der Waals surface area contributed by atoms with Crippen LogP contribution in [0.15, 0.2) is 59.3 Å². The second-order valence-electron chi connectivity index (χ2n) is 7.28. The van der Waals surface area contributed by atoms with E-state index in [4.69, 9.17) is 23.2 Å². The van der Waals surface area contributed by atoms with Gasteiger partial charge in [0.15, 0.2) is 0 Å². The van der Waals surface area contributed by atoms with Crippen LogP contribution in [0.1, 0.15) is 36.0 Å². The Morgan fingerprint density at radius 1 is 0.967 bits per heavy atom. The van der Waals surface area contributed by atoms with Crippen molar-refractivity contribution in [1.82, 2.24) is 5.32 Å². The van der Waals surface area contributed by atoms with Crippen molar-refractivity contribution >= 4 is 52.3 Å². The molecule has 0 aromatic heterocycles. The van der Waals surface area contributed by atoms with Crippen LogP contribution in [0.3, 0.4) is 0 Å². The molecule has 30 heavy (non-hydrogen) atoms. The number of anilines is 2. The van der Waals surface area contributed by atoms with Crippen LogP contribution in [-0.2, 0) is 9.59 Å². The quantitative estimate of drug-likeness (QED) is 0.669. The summed E-state index contributed by atoms with van der Waals surface area (Å²) in [6, 6.07) is 13.3. The van der Waals surface area contributed by atoms with E-state index in [2.05, 4.69) is 10.6 Å². The van der Waals surface area contributed by atoms with Crippen molar-refractivity contribution in [3.63, 3.8) is 0 Å². The number of amides is 3.